The molecule has 9 heteroatoms. The molecule has 0 fully saturated rings. The quantitative estimate of drug-likeness (QED) is 0.0281. The number of hydrogen-bond donors (Lipinski definition) is 2. The molecule has 0 heterocycles. The highest BCUT2D eigenvalue weighted by Crippen LogP contribution is 2.43. The number of hydrogen-bond acceptors (Lipinski definition) is 7. The van der Waals surface area contributed by atoms with Crippen LogP contribution in [0.2, 0.25) is 0 Å². The van der Waals surface area contributed by atoms with Crippen molar-refractivity contribution in [3.05, 3.63) is 12.2 Å². The first-order chi connectivity index (χ1) is 23.4. The van der Waals surface area contributed by atoms with E-state index in [-0.39, 0.29) is 32.3 Å². The highest BCUT2D eigenvalue weighted by molar-refractivity contribution is 7.47. The Labute approximate surface area is 296 Å². The first kappa shape index (κ1) is 47.2. The van der Waals surface area contributed by atoms with Crippen molar-refractivity contribution in [2.24, 2.45) is 5.73 Å². The van der Waals surface area contributed by atoms with Gasteiger partial charge in [-0.1, -0.05) is 161 Å². The average Bonchev–Trinajstić information content (AvgIpc) is 3.07. The van der Waals surface area contributed by atoms with Crippen molar-refractivity contribution in [3.63, 3.8) is 0 Å². The van der Waals surface area contributed by atoms with E-state index >= 15 is 0 Å². The number of ether oxygens (including phenoxy) is 2. The molecule has 0 rings (SSSR count). The van der Waals surface area contributed by atoms with Gasteiger partial charge in [0.25, 0.3) is 0 Å². The molecule has 286 valence electrons. The molecule has 0 bridgehead atoms. The lowest BCUT2D eigenvalue weighted by molar-refractivity contribution is -0.154. The summed E-state index contributed by atoms with van der Waals surface area (Å²) >= 11 is 0. The number of carbonyl (C=O) groups is 1. The average molecular weight is 704 g/mol. The van der Waals surface area contributed by atoms with Gasteiger partial charge in [0.1, 0.15) is 6.10 Å². The Morgan fingerprint density at radius 3 is 1.52 bits per heavy atom. The van der Waals surface area contributed by atoms with Gasteiger partial charge in [-0.3, -0.25) is 13.8 Å². The van der Waals surface area contributed by atoms with Gasteiger partial charge >= 0.3 is 13.8 Å². The summed E-state index contributed by atoms with van der Waals surface area (Å²) in [6.45, 7) is 4.93. The molecule has 0 radical (unpaired) electrons. The van der Waals surface area contributed by atoms with E-state index in [9.17, 15) is 14.3 Å². The summed E-state index contributed by atoms with van der Waals surface area (Å²) in [5.41, 5.74) is 5.36. The lowest BCUT2D eigenvalue weighted by Gasteiger charge is -2.20. The van der Waals surface area contributed by atoms with E-state index in [0.29, 0.717) is 13.0 Å². The summed E-state index contributed by atoms with van der Waals surface area (Å²) in [5, 5.41) is 0. The van der Waals surface area contributed by atoms with E-state index in [2.05, 4.69) is 26.0 Å². The van der Waals surface area contributed by atoms with Gasteiger partial charge in [0.05, 0.1) is 19.8 Å². The van der Waals surface area contributed by atoms with E-state index in [0.717, 1.165) is 32.1 Å². The Balaban J connectivity index is 4.03. The smallest absolute Gasteiger partial charge is 0.457 e. The standard InChI is InChI=1S/C39H78NO7P/c1-3-5-7-9-11-13-15-17-18-19-20-21-23-25-27-29-31-34-44-36-38(37-46-48(42,43)45-35-33-40)47-39(41)32-30-28-26-24-22-16-14-12-10-8-6-4-2/h18-19,38H,3-17,20-37,40H2,1-2H3,(H,42,43)/b19-18-. The second kappa shape index (κ2) is 37.5. The van der Waals surface area contributed by atoms with Gasteiger partial charge in [-0.15, -0.1) is 0 Å². The predicted octanol–water partition coefficient (Wildman–Crippen LogP) is 11.5. The summed E-state index contributed by atoms with van der Waals surface area (Å²) in [6, 6.07) is 0. The van der Waals surface area contributed by atoms with E-state index < -0.39 is 13.9 Å². The van der Waals surface area contributed by atoms with Crippen LogP contribution in [0.1, 0.15) is 194 Å². The molecule has 2 unspecified atom stereocenters. The van der Waals surface area contributed by atoms with Crippen LogP contribution in [0.5, 0.6) is 0 Å². The molecule has 8 nitrogen and oxygen atoms in total. The zero-order chi connectivity index (χ0) is 35.2. The first-order valence-corrected chi connectivity index (χ1v) is 21.7. The largest absolute Gasteiger partial charge is 0.472 e. The second-order valence-electron chi connectivity index (χ2n) is 13.5. The number of carbonyl (C=O) groups excluding carboxylic acids is 1. The third-order valence-electron chi connectivity index (χ3n) is 8.68. The van der Waals surface area contributed by atoms with Gasteiger partial charge in [-0.05, 0) is 38.5 Å². The summed E-state index contributed by atoms with van der Waals surface area (Å²) in [6.07, 6.45) is 37.9. The van der Waals surface area contributed by atoms with Crippen molar-refractivity contribution in [1.29, 1.82) is 0 Å². The molecule has 0 aliphatic heterocycles. The van der Waals surface area contributed by atoms with Gasteiger partial charge in [0.2, 0.25) is 0 Å². The Morgan fingerprint density at radius 2 is 1.04 bits per heavy atom. The van der Waals surface area contributed by atoms with E-state index in [1.165, 1.54) is 141 Å². The minimum Gasteiger partial charge on any atom is -0.457 e. The van der Waals surface area contributed by atoms with Crippen molar-refractivity contribution in [2.45, 2.75) is 200 Å². The van der Waals surface area contributed by atoms with Crippen molar-refractivity contribution >= 4 is 13.8 Å². The van der Waals surface area contributed by atoms with Gasteiger partial charge < -0.3 is 20.1 Å². The minimum atomic E-state index is -4.27. The first-order valence-electron chi connectivity index (χ1n) is 20.2. The molecule has 48 heavy (non-hydrogen) atoms. The lowest BCUT2D eigenvalue weighted by Crippen LogP contribution is -2.28. The van der Waals surface area contributed by atoms with Crippen LogP contribution in [0.25, 0.3) is 0 Å². The molecule has 0 aliphatic carbocycles. The molecule has 0 aromatic heterocycles. The normalized spacial score (nSPS) is 13.7. The van der Waals surface area contributed by atoms with Crippen LogP contribution in [0.15, 0.2) is 12.2 Å². The maximum Gasteiger partial charge on any atom is 0.472 e. The number of phosphoric ester groups is 1. The molecule has 0 amide bonds. The van der Waals surface area contributed by atoms with Crippen LogP contribution in [0, 0.1) is 0 Å². The minimum absolute atomic E-state index is 0.0936. The van der Waals surface area contributed by atoms with E-state index in [1.807, 2.05) is 0 Å². The summed E-state index contributed by atoms with van der Waals surface area (Å²) in [7, 11) is -4.27. The highest BCUT2D eigenvalue weighted by Gasteiger charge is 2.25. The number of esters is 1. The van der Waals surface area contributed by atoms with Crippen LogP contribution in [0.3, 0.4) is 0 Å². The Morgan fingerprint density at radius 1 is 0.604 bits per heavy atom. The van der Waals surface area contributed by atoms with Crippen LogP contribution < -0.4 is 5.73 Å². The molecule has 0 aromatic rings. The molecule has 0 spiro atoms. The fourth-order valence-electron chi connectivity index (χ4n) is 5.70. The zero-order valence-corrected chi connectivity index (χ0v) is 32.4. The van der Waals surface area contributed by atoms with Gasteiger partial charge in [0.15, 0.2) is 0 Å². The van der Waals surface area contributed by atoms with Crippen LogP contribution in [0.4, 0.5) is 0 Å². The molecule has 0 aromatic carbocycles. The predicted molar refractivity (Wildman–Crippen MR) is 201 cm³/mol. The van der Waals surface area contributed by atoms with Crippen molar-refractivity contribution in [2.75, 3.05) is 33.0 Å². The lowest BCUT2D eigenvalue weighted by atomic mass is 10.0. The molecular formula is C39H78NO7P. The third kappa shape index (κ3) is 36.5. The topological polar surface area (TPSA) is 117 Å². The molecule has 3 N–H and O–H groups in total. The van der Waals surface area contributed by atoms with Gasteiger partial charge in [-0.2, -0.15) is 0 Å². The summed E-state index contributed by atoms with van der Waals surface area (Å²) < 4.78 is 33.3. The van der Waals surface area contributed by atoms with E-state index in [1.54, 1.807) is 0 Å². The van der Waals surface area contributed by atoms with Gasteiger partial charge in [-0.25, -0.2) is 4.57 Å². The monoisotopic (exact) mass is 704 g/mol. The third-order valence-corrected chi connectivity index (χ3v) is 9.67. The van der Waals surface area contributed by atoms with Crippen LogP contribution in [-0.4, -0.2) is 49.9 Å². The maximum atomic E-state index is 12.5. The summed E-state index contributed by atoms with van der Waals surface area (Å²) in [4.78, 5) is 22.4. The van der Waals surface area contributed by atoms with Crippen molar-refractivity contribution in [1.82, 2.24) is 0 Å². The Bertz CT molecular complexity index is 752. The fourth-order valence-corrected chi connectivity index (χ4v) is 6.46. The van der Waals surface area contributed by atoms with Gasteiger partial charge in [0, 0.05) is 19.6 Å². The number of rotatable bonds is 39. The molecule has 0 saturated heterocycles. The fraction of sp³-hybridized carbons (Fsp3) is 0.923. The Kier molecular flexibility index (Phi) is 36.9. The van der Waals surface area contributed by atoms with Crippen LogP contribution in [-0.2, 0) is 27.9 Å². The van der Waals surface area contributed by atoms with Crippen molar-refractivity contribution < 1.29 is 32.8 Å². The SMILES string of the molecule is CCCCCCCCC/C=C\CCCCCCCCOCC(COP(=O)(O)OCCN)OC(=O)CCCCCCCCCCCCCC. The Hall–Kier alpha value is -0.760. The molecule has 2 atom stereocenters. The van der Waals surface area contributed by atoms with Crippen LogP contribution >= 0.6 is 7.82 Å². The number of phosphoric acid groups is 1. The number of unbranched alkanes of at least 4 members (excludes halogenated alkanes) is 24. The number of nitrogens with two attached hydrogens (primary N) is 1. The highest BCUT2D eigenvalue weighted by atomic mass is 31.2. The van der Waals surface area contributed by atoms with Crippen molar-refractivity contribution in [3.8, 4) is 0 Å². The molecule has 0 aliphatic rings. The zero-order valence-electron chi connectivity index (χ0n) is 31.5. The number of allylic oxidation sites excluding steroid dienone is 2. The van der Waals surface area contributed by atoms with E-state index in [4.69, 9.17) is 24.3 Å². The second-order valence-corrected chi connectivity index (χ2v) is 15.0. The maximum absolute atomic E-state index is 12.5. The molecule has 0 saturated carbocycles. The summed E-state index contributed by atoms with van der Waals surface area (Å²) in [5.74, 6) is -0.331. The molecular weight excluding hydrogens is 625 g/mol.